The van der Waals surface area contributed by atoms with Crippen molar-refractivity contribution >= 4 is 5.78 Å². The highest BCUT2D eigenvalue weighted by Gasteiger charge is 2.23. The van der Waals surface area contributed by atoms with Crippen LogP contribution < -0.4 is 0 Å². The summed E-state index contributed by atoms with van der Waals surface area (Å²) in [5.74, 6) is 0.667. The molecule has 2 aromatic rings. The molecule has 0 bridgehead atoms. The Balaban J connectivity index is 2.39. The minimum atomic E-state index is -0.391. The predicted octanol–water partition coefficient (Wildman–Crippen LogP) is 2.10. The number of aromatic amines is 1. The zero-order chi connectivity index (χ0) is 12.5. The third-order valence-electron chi connectivity index (χ3n) is 2.42. The van der Waals surface area contributed by atoms with Crippen molar-refractivity contribution in [2.45, 2.75) is 20.8 Å². The third-order valence-corrected chi connectivity index (χ3v) is 2.42. The van der Waals surface area contributed by atoms with E-state index in [0.29, 0.717) is 11.4 Å². The van der Waals surface area contributed by atoms with Gasteiger partial charge in [0, 0.05) is 16.5 Å². The Kier molecular flexibility index (Phi) is 2.75. The second-order valence-electron chi connectivity index (χ2n) is 4.91. The molecular formula is C12H14N4O. The zero-order valence-corrected chi connectivity index (χ0v) is 10.1. The smallest absolute Gasteiger partial charge is 0.179 e. The Labute approximate surface area is 99.2 Å². The summed E-state index contributed by atoms with van der Waals surface area (Å²) in [6, 6.07) is 7.30. The normalized spacial score (nSPS) is 11.5. The first-order valence-corrected chi connectivity index (χ1v) is 5.37. The van der Waals surface area contributed by atoms with Gasteiger partial charge in [-0.15, -0.1) is 5.10 Å². The van der Waals surface area contributed by atoms with E-state index >= 15 is 0 Å². The number of hydrogen-bond acceptors (Lipinski definition) is 4. The molecule has 0 spiro atoms. The average Bonchev–Trinajstić information content (AvgIpc) is 2.80. The summed E-state index contributed by atoms with van der Waals surface area (Å²) in [6.07, 6.45) is 0. The predicted molar refractivity (Wildman–Crippen MR) is 63.4 cm³/mol. The molecule has 5 heteroatoms. The molecule has 1 aromatic heterocycles. The third kappa shape index (κ3) is 2.38. The standard InChI is InChI=1S/C12H14N4O/c1-12(2,3)10(17)8-5-4-6-9(7-8)11-13-15-16-14-11/h4-7H,1-3H3,(H,13,14,15,16). The number of H-pyrrole nitrogens is 1. The van der Waals surface area contributed by atoms with Crippen LogP contribution in [0.4, 0.5) is 0 Å². The van der Waals surface area contributed by atoms with Crippen LogP contribution in [0.25, 0.3) is 11.4 Å². The molecule has 0 saturated heterocycles. The van der Waals surface area contributed by atoms with Gasteiger partial charge in [0.25, 0.3) is 0 Å². The van der Waals surface area contributed by atoms with Crippen LogP contribution >= 0.6 is 0 Å². The SMILES string of the molecule is CC(C)(C)C(=O)c1cccc(-c2nnn[nH]2)c1. The van der Waals surface area contributed by atoms with Crippen molar-refractivity contribution in [3.05, 3.63) is 29.8 Å². The molecule has 0 unspecified atom stereocenters. The summed E-state index contributed by atoms with van der Waals surface area (Å²) in [6.45, 7) is 5.70. The average molecular weight is 230 g/mol. The quantitative estimate of drug-likeness (QED) is 0.802. The second-order valence-corrected chi connectivity index (χ2v) is 4.91. The van der Waals surface area contributed by atoms with Gasteiger partial charge in [-0.1, -0.05) is 39.0 Å². The Morgan fingerprint density at radius 3 is 2.65 bits per heavy atom. The van der Waals surface area contributed by atoms with Gasteiger partial charge in [0.15, 0.2) is 11.6 Å². The van der Waals surface area contributed by atoms with Crippen LogP contribution in [0.1, 0.15) is 31.1 Å². The fourth-order valence-corrected chi connectivity index (χ4v) is 1.52. The maximum atomic E-state index is 12.1. The first-order chi connectivity index (χ1) is 7.98. The molecule has 0 atom stereocenters. The lowest BCUT2D eigenvalue weighted by molar-refractivity contribution is 0.0858. The molecular weight excluding hydrogens is 216 g/mol. The number of tetrazole rings is 1. The lowest BCUT2D eigenvalue weighted by Crippen LogP contribution is -2.20. The molecule has 0 amide bonds. The van der Waals surface area contributed by atoms with Crippen molar-refractivity contribution < 1.29 is 4.79 Å². The summed E-state index contributed by atoms with van der Waals surface area (Å²) in [4.78, 5) is 12.1. The first-order valence-electron chi connectivity index (χ1n) is 5.37. The first kappa shape index (κ1) is 11.4. The number of aromatic nitrogens is 4. The van der Waals surface area contributed by atoms with Crippen LogP contribution in [0.3, 0.4) is 0 Å². The fourth-order valence-electron chi connectivity index (χ4n) is 1.52. The molecule has 88 valence electrons. The summed E-state index contributed by atoms with van der Waals surface area (Å²) in [5, 5.41) is 13.5. The van der Waals surface area contributed by atoms with Crippen LogP contribution in [0.5, 0.6) is 0 Å². The van der Waals surface area contributed by atoms with E-state index < -0.39 is 5.41 Å². The molecule has 0 saturated carbocycles. The van der Waals surface area contributed by atoms with E-state index in [9.17, 15) is 4.79 Å². The summed E-state index contributed by atoms with van der Waals surface area (Å²) in [5.41, 5.74) is 1.09. The number of benzene rings is 1. The minimum absolute atomic E-state index is 0.104. The van der Waals surface area contributed by atoms with Crippen molar-refractivity contribution in [3.63, 3.8) is 0 Å². The van der Waals surface area contributed by atoms with E-state index in [-0.39, 0.29) is 5.78 Å². The highest BCUT2D eigenvalue weighted by atomic mass is 16.1. The summed E-state index contributed by atoms with van der Waals surface area (Å²) >= 11 is 0. The lowest BCUT2D eigenvalue weighted by Gasteiger charge is -2.16. The van der Waals surface area contributed by atoms with Gasteiger partial charge in [-0.2, -0.15) is 0 Å². The van der Waals surface area contributed by atoms with Gasteiger partial charge in [-0.3, -0.25) is 4.79 Å². The molecule has 0 aliphatic rings. The number of hydrogen-bond donors (Lipinski definition) is 1. The number of ketones is 1. The van der Waals surface area contributed by atoms with Crippen molar-refractivity contribution in [1.82, 2.24) is 20.6 Å². The maximum Gasteiger partial charge on any atom is 0.179 e. The molecule has 17 heavy (non-hydrogen) atoms. The molecule has 1 heterocycles. The summed E-state index contributed by atoms with van der Waals surface area (Å²) < 4.78 is 0. The monoisotopic (exact) mass is 230 g/mol. The Morgan fingerprint density at radius 2 is 2.06 bits per heavy atom. The van der Waals surface area contributed by atoms with Crippen molar-refractivity contribution in [2.24, 2.45) is 5.41 Å². The van der Waals surface area contributed by atoms with Gasteiger partial charge >= 0.3 is 0 Å². The lowest BCUT2D eigenvalue weighted by atomic mass is 9.86. The topological polar surface area (TPSA) is 71.5 Å². The van der Waals surface area contributed by atoms with E-state index in [1.807, 2.05) is 32.9 Å². The van der Waals surface area contributed by atoms with Crippen LogP contribution in [0, 0.1) is 5.41 Å². The van der Waals surface area contributed by atoms with Gasteiger partial charge in [-0.25, -0.2) is 5.10 Å². The number of Topliss-reactive ketones (excluding diaryl/α,β-unsaturated/α-hetero) is 1. The van der Waals surface area contributed by atoms with E-state index in [4.69, 9.17) is 0 Å². The Hall–Kier alpha value is -2.04. The van der Waals surface area contributed by atoms with E-state index in [1.54, 1.807) is 12.1 Å². The van der Waals surface area contributed by atoms with Crippen LogP contribution in [0.2, 0.25) is 0 Å². The van der Waals surface area contributed by atoms with Crippen molar-refractivity contribution in [2.75, 3.05) is 0 Å². The number of carbonyl (C=O) groups excluding carboxylic acids is 1. The molecule has 0 aliphatic carbocycles. The van der Waals surface area contributed by atoms with Crippen LogP contribution in [-0.2, 0) is 0 Å². The molecule has 5 nitrogen and oxygen atoms in total. The van der Waals surface area contributed by atoms with Crippen molar-refractivity contribution in [1.29, 1.82) is 0 Å². The van der Waals surface area contributed by atoms with Crippen molar-refractivity contribution in [3.8, 4) is 11.4 Å². The fraction of sp³-hybridized carbons (Fsp3) is 0.333. The highest BCUT2D eigenvalue weighted by molar-refractivity contribution is 6.00. The van der Waals surface area contributed by atoms with Gasteiger partial charge < -0.3 is 0 Å². The molecule has 0 radical (unpaired) electrons. The molecule has 0 aliphatic heterocycles. The van der Waals surface area contributed by atoms with Gasteiger partial charge in [0.05, 0.1) is 0 Å². The Bertz CT molecular complexity index is 526. The van der Waals surface area contributed by atoms with Gasteiger partial charge in [-0.05, 0) is 16.5 Å². The van der Waals surface area contributed by atoms with Gasteiger partial charge in [0.1, 0.15) is 0 Å². The number of nitrogens with zero attached hydrogens (tertiary/aromatic N) is 3. The van der Waals surface area contributed by atoms with Crippen LogP contribution in [0.15, 0.2) is 24.3 Å². The number of rotatable bonds is 2. The number of carbonyl (C=O) groups is 1. The maximum absolute atomic E-state index is 12.1. The molecule has 1 N–H and O–H groups in total. The second kappa shape index (κ2) is 4.08. The zero-order valence-electron chi connectivity index (χ0n) is 10.1. The molecule has 0 fully saturated rings. The largest absolute Gasteiger partial charge is 0.294 e. The van der Waals surface area contributed by atoms with E-state index in [0.717, 1.165) is 5.56 Å². The Morgan fingerprint density at radius 1 is 1.29 bits per heavy atom. The summed E-state index contributed by atoms with van der Waals surface area (Å²) in [7, 11) is 0. The van der Waals surface area contributed by atoms with E-state index in [2.05, 4.69) is 20.6 Å². The molecule has 2 rings (SSSR count). The minimum Gasteiger partial charge on any atom is -0.294 e. The van der Waals surface area contributed by atoms with E-state index in [1.165, 1.54) is 0 Å². The van der Waals surface area contributed by atoms with Gasteiger partial charge in [0.2, 0.25) is 0 Å². The number of nitrogens with one attached hydrogen (secondary N) is 1. The molecule has 1 aromatic carbocycles. The highest BCUT2D eigenvalue weighted by Crippen LogP contribution is 2.23. The van der Waals surface area contributed by atoms with Crippen LogP contribution in [-0.4, -0.2) is 26.4 Å².